The second kappa shape index (κ2) is 15.1. The lowest BCUT2D eigenvalue weighted by atomic mass is 9.93. The standard InChI is InChI=1S/C26H32N2O2.C11H17N3O/c29-26(30-22-10-2-1-3-11-22)28-18-16-27(17-19-28)25-23-12-6-4-8-20(23)14-15-21-9-5-7-13-24(21)25;1-10-5-14(8-12-10)7-11-3-2-4-13(6-11)9-15/h4-9,12-13,22,25H,1-3,10-11,14-19H2;5,8-9,11H,2-4,6-7H2,1H3. The highest BCUT2D eigenvalue weighted by molar-refractivity contribution is 5.68. The zero-order chi connectivity index (χ0) is 31.0. The SMILES string of the molecule is Cc1cn(CC2CCCN(C=O)C2)cn1.O=C(OC1CCCCC1)N1CCN(C2c3ccccc3CCc3ccccc32)CC1. The fourth-order valence-corrected chi connectivity index (χ4v) is 7.66. The molecule has 8 heteroatoms. The summed E-state index contributed by atoms with van der Waals surface area (Å²) < 4.78 is 7.93. The van der Waals surface area contributed by atoms with E-state index in [-0.39, 0.29) is 18.2 Å². The average Bonchev–Trinajstić information content (AvgIpc) is 3.41. The van der Waals surface area contributed by atoms with Crippen molar-refractivity contribution in [1.82, 2.24) is 24.3 Å². The molecule has 8 nitrogen and oxygen atoms in total. The predicted octanol–water partition coefficient (Wildman–Crippen LogP) is 6.02. The number of fused-ring (bicyclic) bond motifs is 2. The Balaban J connectivity index is 0.000000200. The van der Waals surface area contributed by atoms with Crippen LogP contribution in [-0.4, -0.2) is 82.1 Å². The Morgan fingerprint density at radius 3 is 2.16 bits per heavy atom. The lowest BCUT2D eigenvalue weighted by Gasteiger charge is -2.40. The molecule has 2 aliphatic carbocycles. The van der Waals surface area contributed by atoms with Crippen LogP contribution in [0.15, 0.2) is 61.1 Å². The number of ether oxygens (including phenoxy) is 1. The maximum atomic E-state index is 12.7. The first-order chi connectivity index (χ1) is 22.1. The van der Waals surface area contributed by atoms with Gasteiger partial charge in [-0.2, -0.15) is 0 Å². The molecule has 3 heterocycles. The van der Waals surface area contributed by atoms with Gasteiger partial charge in [0.15, 0.2) is 0 Å². The molecule has 3 aromatic rings. The lowest BCUT2D eigenvalue weighted by Crippen LogP contribution is -2.50. The van der Waals surface area contributed by atoms with Crippen LogP contribution >= 0.6 is 0 Å². The van der Waals surface area contributed by atoms with Crippen LogP contribution in [0.4, 0.5) is 4.79 Å². The lowest BCUT2D eigenvalue weighted by molar-refractivity contribution is -0.119. The molecule has 1 atom stereocenters. The number of aryl methyl sites for hydroxylation is 3. The summed E-state index contributed by atoms with van der Waals surface area (Å²) >= 11 is 0. The molecule has 240 valence electrons. The van der Waals surface area contributed by atoms with E-state index in [1.165, 1.54) is 47.9 Å². The molecule has 2 saturated heterocycles. The fraction of sp³-hybridized carbons (Fsp3) is 0.541. The second-order valence-electron chi connectivity index (χ2n) is 13.3. The molecule has 45 heavy (non-hydrogen) atoms. The molecule has 0 spiro atoms. The summed E-state index contributed by atoms with van der Waals surface area (Å²) in [5.74, 6) is 0.581. The molecule has 1 unspecified atom stereocenters. The number of piperidine rings is 1. The number of carbonyl (C=O) groups excluding carboxylic acids is 2. The van der Waals surface area contributed by atoms with Crippen LogP contribution in [0, 0.1) is 12.8 Å². The number of amides is 2. The molecule has 2 aliphatic heterocycles. The van der Waals surface area contributed by atoms with Crippen molar-refractivity contribution >= 4 is 12.5 Å². The summed E-state index contributed by atoms with van der Waals surface area (Å²) in [5.41, 5.74) is 6.83. The molecule has 2 aromatic carbocycles. The molecule has 0 N–H and O–H groups in total. The minimum absolute atomic E-state index is 0.108. The fourth-order valence-electron chi connectivity index (χ4n) is 7.66. The first kappa shape index (κ1) is 31.3. The Labute approximate surface area is 268 Å². The highest BCUT2D eigenvalue weighted by Gasteiger charge is 2.33. The number of carbonyl (C=O) groups is 2. The summed E-state index contributed by atoms with van der Waals surface area (Å²) in [6.07, 6.45) is 15.1. The third-order valence-electron chi connectivity index (χ3n) is 10.1. The van der Waals surface area contributed by atoms with E-state index >= 15 is 0 Å². The third kappa shape index (κ3) is 7.96. The molecular formula is C37H49N5O3. The molecule has 0 radical (unpaired) electrons. The van der Waals surface area contributed by atoms with Gasteiger partial charge in [-0.05, 0) is 86.5 Å². The van der Waals surface area contributed by atoms with E-state index in [0.29, 0.717) is 5.92 Å². The van der Waals surface area contributed by atoms with Crippen molar-refractivity contribution in [2.24, 2.45) is 5.92 Å². The van der Waals surface area contributed by atoms with Gasteiger partial charge in [0.25, 0.3) is 0 Å². The molecular weight excluding hydrogens is 562 g/mol. The smallest absolute Gasteiger partial charge is 0.410 e. The molecule has 0 bridgehead atoms. The number of imidazole rings is 1. The van der Waals surface area contributed by atoms with Crippen LogP contribution in [0.1, 0.15) is 78.9 Å². The van der Waals surface area contributed by atoms with Crippen LogP contribution in [0.5, 0.6) is 0 Å². The molecule has 2 amide bonds. The van der Waals surface area contributed by atoms with Gasteiger partial charge in [0.2, 0.25) is 6.41 Å². The topological polar surface area (TPSA) is 70.9 Å². The van der Waals surface area contributed by atoms with Gasteiger partial charge in [0, 0.05) is 52.0 Å². The van der Waals surface area contributed by atoms with E-state index in [1.807, 2.05) is 23.1 Å². The number of nitrogens with zero attached hydrogens (tertiary/aromatic N) is 5. The highest BCUT2D eigenvalue weighted by Crippen LogP contribution is 2.37. The molecule has 7 rings (SSSR count). The van der Waals surface area contributed by atoms with Gasteiger partial charge >= 0.3 is 6.09 Å². The molecule has 1 saturated carbocycles. The highest BCUT2D eigenvalue weighted by atomic mass is 16.6. The van der Waals surface area contributed by atoms with Crippen molar-refractivity contribution in [3.8, 4) is 0 Å². The first-order valence-corrected chi connectivity index (χ1v) is 17.1. The third-order valence-corrected chi connectivity index (χ3v) is 10.1. The zero-order valence-corrected chi connectivity index (χ0v) is 26.9. The van der Waals surface area contributed by atoms with E-state index in [1.54, 1.807) is 0 Å². The van der Waals surface area contributed by atoms with Crippen molar-refractivity contribution in [3.63, 3.8) is 0 Å². The van der Waals surface area contributed by atoms with Crippen LogP contribution in [0.2, 0.25) is 0 Å². The molecule has 1 aromatic heterocycles. The minimum Gasteiger partial charge on any atom is -0.446 e. The van der Waals surface area contributed by atoms with E-state index in [4.69, 9.17) is 4.74 Å². The van der Waals surface area contributed by atoms with Gasteiger partial charge in [-0.3, -0.25) is 9.69 Å². The van der Waals surface area contributed by atoms with E-state index in [9.17, 15) is 9.59 Å². The summed E-state index contributed by atoms with van der Waals surface area (Å²) in [7, 11) is 0. The maximum Gasteiger partial charge on any atom is 0.410 e. The van der Waals surface area contributed by atoms with Gasteiger partial charge in [-0.25, -0.2) is 9.78 Å². The average molecular weight is 612 g/mol. The van der Waals surface area contributed by atoms with Crippen molar-refractivity contribution in [2.75, 3.05) is 39.3 Å². The van der Waals surface area contributed by atoms with Crippen molar-refractivity contribution in [2.45, 2.75) is 83.4 Å². The van der Waals surface area contributed by atoms with Gasteiger partial charge in [-0.1, -0.05) is 55.0 Å². The van der Waals surface area contributed by atoms with Gasteiger partial charge in [0.1, 0.15) is 6.10 Å². The van der Waals surface area contributed by atoms with Crippen LogP contribution in [0.3, 0.4) is 0 Å². The Kier molecular flexibility index (Phi) is 10.5. The summed E-state index contributed by atoms with van der Waals surface area (Å²) in [5, 5.41) is 0. The first-order valence-electron chi connectivity index (χ1n) is 17.1. The quantitative estimate of drug-likeness (QED) is 0.330. The summed E-state index contributed by atoms with van der Waals surface area (Å²) in [6, 6.07) is 18.1. The Morgan fingerprint density at radius 2 is 1.53 bits per heavy atom. The number of benzene rings is 2. The van der Waals surface area contributed by atoms with Gasteiger partial charge in [-0.15, -0.1) is 0 Å². The number of likely N-dealkylation sites (tertiary alicyclic amines) is 1. The second-order valence-corrected chi connectivity index (χ2v) is 13.3. The van der Waals surface area contributed by atoms with E-state index in [2.05, 4.69) is 69.2 Å². The minimum atomic E-state index is -0.108. The Bertz CT molecular complexity index is 1360. The number of aromatic nitrogens is 2. The van der Waals surface area contributed by atoms with Gasteiger partial charge < -0.3 is 19.1 Å². The Hall–Kier alpha value is -3.65. The van der Waals surface area contributed by atoms with E-state index < -0.39 is 0 Å². The number of rotatable bonds is 5. The number of piperazine rings is 1. The normalized spacial score (nSPS) is 21.1. The summed E-state index contributed by atoms with van der Waals surface area (Å²) in [4.78, 5) is 33.9. The van der Waals surface area contributed by atoms with Crippen LogP contribution < -0.4 is 0 Å². The Morgan fingerprint density at radius 1 is 0.867 bits per heavy atom. The number of hydrogen-bond donors (Lipinski definition) is 0. The maximum absolute atomic E-state index is 12.7. The van der Waals surface area contributed by atoms with E-state index in [0.717, 1.165) is 90.0 Å². The van der Waals surface area contributed by atoms with Crippen LogP contribution in [-0.2, 0) is 28.9 Å². The van der Waals surface area contributed by atoms with Gasteiger partial charge in [0.05, 0.1) is 18.1 Å². The summed E-state index contributed by atoms with van der Waals surface area (Å²) in [6.45, 7) is 8.03. The van der Waals surface area contributed by atoms with Crippen molar-refractivity contribution in [1.29, 1.82) is 0 Å². The molecule has 4 aliphatic rings. The zero-order valence-electron chi connectivity index (χ0n) is 26.9. The van der Waals surface area contributed by atoms with Crippen molar-refractivity contribution in [3.05, 3.63) is 89.0 Å². The monoisotopic (exact) mass is 611 g/mol. The molecule has 3 fully saturated rings. The van der Waals surface area contributed by atoms with Crippen molar-refractivity contribution < 1.29 is 14.3 Å². The van der Waals surface area contributed by atoms with Crippen LogP contribution in [0.25, 0.3) is 0 Å². The largest absolute Gasteiger partial charge is 0.446 e. The predicted molar refractivity (Wildman–Crippen MR) is 176 cm³/mol. The number of hydrogen-bond acceptors (Lipinski definition) is 5.